The summed E-state index contributed by atoms with van der Waals surface area (Å²) in [5.41, 5.74) is 1.85. The van der Waals surface area contributed by atoms with Crippen molar-refractivity contribution in [1.29, 1.82) is 0 Å². The normalized spacial score (nSPS) is 14.7. The number of halogens is 1. The summed E-state index contributed by atoms with van der Waals surface area (Å²) in [7, 11) is 3.16. The summed E-state index contributed by atoms with van der Waals surface area (Å²) in [6, 6.07) is 13.1. The largest absolute Gasteiger partial charge is 0.497 e. The summed E-state index contributed by atoms with van der Waals surface area (Å²) in [6.45, 7) is 3.88. The zero-order chi connectivity index (χ0) is 19.2. The molecule has 1 saturated heterocycles. The van der Waals surface area contributed by atoms with Gasteiger partial charge in [0.25, 0.3) is 0 Å². The van der Waals surface area contributed by atoms with E-state index in [2.05, 4.69) is 10.2 Å². The predicted octanol–water partition coefficient (Wildman–Crippen LogP) is 3.71. The van der Waals surface area contributed by atoms with Gasteiger partial charge < -0.3 is 19.7 Å². The molecule has 0 unspecified atom stereocenters. The number of nitrogens with one attached hydrogen (secondary N) is 1. The minimum atomic E-state index is -0.121. The van der Waals surface area contributed by atoms with E-state index in [0.717, 1.165) is 24.7 Å². The zero-order valence-electron chi connectivity index (χ0n) is 15.6. The van der Waals surface area contributed by atoms with Gasteiger partial charge in [-0.25, -0.2) is 4.79 Å². The summed E-state index contributed by atoms with van der Waals surface area (Å²) in [6.07, 6.45) is 0. The Kier molecular flexibility index (Phi) is 6.42. The fourth-order valence-corrected chi connectivity index (χ4v) is 3.18. The fourth-order valence-electron chi connectivity index (χ4n) is 3.05. The van der Waals surface area contributed by atoms with Crippen LogP contribution in [0.1, 0.15) is 5.56 Å². The van der Waals surface area contributed by atoms with Crippen LogP contribution in [0.15, 0.2) is 42.5 Å². The van der Waals surface area contributed by atoms with Crippen molar-refractivity contribution in [3.8, 4) is 11.5 Å². The van der Waals surface area contributed by atoms with Gasteiger partial charge in [0, 0.05) is 43.8 Å². The Labute approximate surface area is 164 Å². The summed E-state index contributed by atoms with van der Waals surface area (Å²) in [5, 5.41) is 3.67. The molecule has 1 heterocycles. The van der Waals surface area contributed by atoms with Crippen molar-refractivity contribution in [1.82, 2.24) is 9.80 Å². The molecule has 0 aromatic heterocycles. The van der Waals surface area contributed by atoms with Gasteiger partial charge in [0.1, 0.15) is 11.5 Å². The molecule has 1 aliphatic rings. The van der Waals surface area contributed by atoms with E-state index in [1.165, 1.54) is 5.56 Å². The Bertz CT molecular complexity index is 775. The smallest absolute Gasteiger partial charge is 0.322 e. The number of hydrogen-bond donors (Lipinski definition) is 1. The lowest BCUT2D eigenvalue weighted by molar-refractivity contribution is 0.143. The van der Waals surface area contributed by atoms with Crippen LogP contribution in [0.4, 0.5) is 10.5 Å². The first kappa shape index (κ1) is 19.3. The van der Waals surface area contributed by atoms with Crippen molar-refractivity contribution in [2.45, 2.75) is 6.54 Å². The van der Waals surface area contributed by atoms with Crippen LogP contribution in [0.2, 0.25) is 5.02 Å². The maximum Gasteiger partial charge on any atom is 0.322 e. The molecular weight excluding hydrogens is 366 g/mol. The van der Waals surface area contributed by atoms with Crippen LogP contribution in [0, 0.1) is 0 Å². The van der Waals surface area contributed by atoms with Crippen LogP contribution in [0.5, 0.6) is 11.5 Å². The summed E-state index contributed by atoms with van der Waals surface area (Å²) < 4.78 is 10.5. The van der Waals surface area contributed by atoms with E-state index in [1.807, 2.05) is 29.2 Å². The van der Waals surface area contributed by atoms with E-state index < -0.39 is 0 Å². The van der Waals surface area contributed by atoms with E-state index in [1.54, 1.807) is 32.4 Å². The van der Waals surface area contributed by atoms with Crippen LogP contribution in [0.25, 0.3) is 0 Å². The lowest BCUT2D eigenvalue weighted by Gasteiger charge is -2.34. The van der Waals surface area contributed by atoms with Gasteiger partial charge in [-0.3, -0.25) is 4.90 Å². The van der Waals surface area contributed by atoms with Crippen molar-refractivity contribution in [3.05, 3.63) is 53.1 Å². The molecule has 0 aliphatic carbocycles. The second-order valence-corrected chi connectivity index (χ2v) is 6.82. The number of carbonyl (C=O) groups is 1. The number of rotatable bonds is 5. The second-order valence-electron chi connectivity index (χ2n) is 6.39. The molecule has 1 aliphatic heterocycles. The number of anilines is 1. The van der Waals surface area contributed by atoms with Gasteiger partial charge in [-0.15, -0.1) is 0 Å². The third-order valence-electron chi connectivity index (χ3n) is 4.63. The van der Waals surface area contributed by atoms with Crippen LogP contribution in [0.3, 0.4) is 0 Å². The van der Waals surface area contributed by atoms with Crippen LogP contribution in [-0.4, -0.2) is 56.2 Å². The summed E-state index contributed by atoms with van der Waals surface area (Å²) in [5.74, 6) is 1.25. The highest BCUT2D eigenvalue weighted by Crippen LogP contribution is 2.29. The van der Waals surface area contributed by atoms with Crippen LogP contribution < -0.4 is 14.8 Å². The molecular formula is C20H24ClN3O3. The number of piperazine rings is 1. The highest BCUT2D eigenvalue weighted by Gasteiger charge is 2.22. The molecule has 0 spiro atoms. The SMILES string of the molecule is COc1ccc(NC(=O)N2CCN(Cc3ccc(Cl)cc3)CC2)c(OC)c1. The Balaban J connectivity index is 1.53. The molecule has 0 bridgehead atoms. The summed E-state index contributed by atoms with van der Waals surface area (Å²) >= 11 is 5.93. The van der Waals surface area contributed by atoms with Gasteiger partial charge in [0.2, 0.25) is 0 Å². The van der Waals surface area contributed by atoms with Gasteiger partial charge in [0.15, 0.2) is 0 Å². The number of hydrogen-bond acceptors (Lipinski definition) is 4. The topological polar surface area (TPSA) is 54.0 Å². The molecule has 3 rings (SSSR count). The van der Waals surface area contributed by atoms with Crippen molar-refractivity contribution >= 4 is 23.3 Å². The van der Waals surface area contributed by atoms with Gasteiger partial charge >= 0.3 is 6.03 Å². The summed E-state index contributed by atoms with van der Waals surface area (Å²) in [4.78, 5) is 16.7. The number of ether oxygens (including phenoxy) is 2. The van der Waals surface area contributed by atoms with E-state index >= 15 is 0 Å². The molecule has 0 atom stereocenters. The molecule has 2 aromatic rings. The third-order valence-corrected chi connectivity index (χ3v) is 4.88. The third kappa shape index (κ3) is 5.05. The molecule has 0 radical (unpaired) electrons. The van der Waals surface area contributed by atoms with E-state index in [9.17, 15) is 4.79 Å². The fraction of sp³-hybridized carbons (Fsp3) is 0.350. The first-order valence-corrected chi connectivity index (χ1v) is 9.21. The van der Waals surface area contributed by atoms with E-state index in [-0.39, 0.29) is 6.03 Å². The molecule has 1 N–H and O–H groups in total. The van der Waals surface area contributed by atoms with E-state index in [4.69, 9.17) is 21.1 Å². The Hall–Kier alpha value is -2.44. The van der Waals surface area contributed by atoms with Crippen molar-refractivity contribution in [3.63, 3.8) is 0 Å². The highest BCUT2D eigenvalue weighted by molar-refractivity contribution is 6.30. The molecule has 2 amide bonds. The molecule has 1 fully saturated rings. The molecule has 27 heavy (non-hydrogen) atoms. The number of urea groups is 1. The second kappa shape index (κ2) is 8.97. The monoisotopic (exact) mass is 389 g/mol. The zero-order valence-corrected chi connectivity index (χ0v) is 16.3. The average molecular weight is 390 g/mol. The Morgan fingerprint density at radius 1 is 1.04 bits per heavy atom. The first-order valence-electron chi connectivity index (χ1n) is 8.84. The number of amides is 2. The maximum atomic E-state index is 12.6. The lowest BCUT2D eigenvalue weighted by Crippen LogP contribution is -2.49. The lowest BCUT2D eigenvalue weighted by atomic mass is 10.2. The van der Waals surface area contributed by atoms with Crippen molar-refractivity contribution in [2.24, 2.45) is 0 Å². The number of carbonyl (C=O) groups excluding carboxylic acids is 1. The highest BCUT2D eigenvalue weighted by atomic mass is 35.5. The minimum absolute atomic E-state index is 0.121. The van der Waals surface area contributed by atoms with Crippen molar-refractivity contribution < 1.29 is 14.3 Å². The van der Waals surface area contributed by atoms with Gasteiger partial charge in [-0.1, -0.05) is 23.7 Å². The first-order chi connectivity index (χ1) is 13.1. The quantitative estimate of drug-likeness (QED) is 0.847. The molecule has 6 nitrogen and oxygen atoms in total. The van der Waals surface area contributed by atoms with Crippen molar-refractivity contribution in [2.75, 3.05) is 45.7 Å². The molecule has 144 valence electrons. The number of methoxy groups -OCH3 is 2. The number of nitrogens with zero attached hydrogens (tertiary/aromatic N) is 2. The predicted molar refractivity (Wildman–Crippen MR) is 107 cm³/mol. The van der Waals surface area contributed by atoms with E-state index in [0.29, 0.717) is 30.3 Å². The van der Waals surface area contributed by atoms with Gasteiger partial charge in [-0.2, -0.15) is 0 Å². The molecule has 0 saturated carbocycles. The minimum Gasteiger partial charge on any atom is -0.497 e. The maximum absolute atomic E-state index is 12.6. The van der Waals surface area contributed by atoms with Gasteiger partial charge in [-0.05, 0) is 29.8 Å². The van der Waals surface area contributed by atoms with Gasteiger partial charge in [0.05, 0.1) is 19.9 Å². The Morgan fingerprint density at radius 2 is 1.74 bits per heavy atom. The number of benzene rings is 2. The Morgan fingerprint density at radius 3 is 2.37 bits per heavy atom. The van der Waals surface area contributed by atoms with Crippen LogP contribution >= 0.6 is 11.6 Å². The molecule has 2 aromatic carbocycles. The molecule has 7 heteroatoms. The average Bonchev–Trinajstić information content (AvgIpc) is 2.70. The standard InChI is InChI=1S/C20H24ClN3O3/c1-26-17-7-8-18(19(13-17)27-2)22-20(25)24-11-9-23(10-12-24)14-15-3-5-16(21)6-4-15/h3-8,13H,9-12,14H2,1-2H3,(H,22,25). The van der Waals surface area contributed by atoms with Crippen LogP contribution in [-0.2, 0) is 6.54 Å².